The lowest BCUT2D eigenvalue weighted by molar-refractivity contribution is 0.101. The van der Waals surface area contributed by atoms with Crippen molar-refractivity contribution in [1.29, 1.82) is 0 Å². The molecule has 0 unspecified atom stereocenters. The highest BCUT2D eigenvalue weighted by molar-refractivity contribution is 7.50. The van der Waals surface area contributed by atoms with E-state index in [1.54, 1.807) is 0 Å². The first kappa shape index (κ1) is 11.9. The highest BCUT2D eigenvalue weighted by Crippen LogP contribution is 2.39. The number of phenolic OH excluding ortho intramolecular Hbond substituents is 1. The molecule has 0 spiro atoms. The lowest BCUT2D eigenvalue weighted by atomic mass is 10.1. The van der Waals surface area contributed by atoms with Crippen LogP contribution in [-0.4, -0.2) is 20.7 Å². The topological polar surface area (TPSA) is 94.8 Å². The second kappa shape index (κ2) is 4.14. The molecule has 0 aromatic heterocycles. The number of benzene rings is 1. The van der Waals surface area contributed by atoms with Gasteiger partial charge < -0.3 is 14.9 Å². The molecule has 1 aromatic rings. The van der Waals surface area contributed by atoms with E-state index in [2.05, 4.69) is 0 Å². The van der Waals surface area contributed by atoms with E-state index in [1.165, 1.54) is 25.1 Å². The molecule has 6 heteroatoms. The molecule has 0 aliphatic rings. The molecular formula is C9H11O5P. The van der Waals surface area contributed by atoms with Crippen molar-refractivity contribution >= 4 is 13.4 Å². The van der Waals surface area contributed by atoms with Crippen LogP contribution in [-0.2, 0) is 10.7 Å². The highest BCUT2D eigenvalue weighted by Gasteiger charge is 2.16. The Balaban J connectivity index is 3.08. The number of hydrogen-bond donors (Lipinski definition) is 3. The standard InChI is InChI=1S/C9H11O5P/c1-6(10)8-4-7(2-3-9(8)11)5-15(12,13)14/h2-4,11H,5H2,1H3,(H2,12,13,14). The summed E-state index contributed by atoms with van der Waals surface area (Å²) in [5.41, 5.74) is 0.396. The number of phenols is 1. The molecule has 3 N–H and O–H groups in total. The molecule has 0 atom stereocenters. The third-order valence-electron chi connectivity index (χ3n) is 1.83. The molecule has 1 aromatic carbocycles. The summed E-state index contributed by atoms with van der Waals surface area (Å²) in [6.45, 7) is 1.27. The van der Waals surface area contributed by atoms with Crippen LogP contribution in [0.1, 0.15) is 22.8 Å². The van der Waals surface area contributed by atoms with Gasteiger partial charge in [0.05, 0.1) is 11.7 Å². The molecule has 82 valence electrons. The molecule has 0 saturated carbocycles. The number of carbonyl (C=O) groups is 1. The average molecular weight is 230 g/mol. The quantitative estimate of drug-likeness (QED) is 0.537. The molecule has 5 nitrogen and oxygen atoms in total. The second-order valence-electron chi connectivity index (χ2n) is 3.23. The van der Waals surface area contributed by atoms with Crippen molar-refractivity contribution in [2.75, 3.05) is 0 Å². The van der Waals surface area contributed by atoms with Gasteiger partial charge in [0, 0.05) is 0 Å². The first-order valence-corrected chi connectivity index (χ1v) is 5.97. The Hall–Kier alpha value is -1.16. The second-order valence-corrected chi connectivity index (χ2v) is 4.88. The number of hydrogen-bond acceptors (Lipinski definition) is 3. The number of Topliss-reactive ketones (excluding diaryl/α,β-unsaturated/α-hetero) is 1. The van der Waals surface area contributed by atoms with Gasteiger partial charge in [-0.25, -0.2) is 0 Å². The van der Waals surface area contributed by atoms with Crippen LogP contribution in [0.25, 0.3) is 0 Å². The van der Waals surface area contributed by atoms with E-state index < -0.39 is 13.8 Å². The van der Waals surface area contributed by atoms with Crippen LogP contribution in [0.2, 0.25) is 0 Å². The number of rotatable bonds is 3. The van der Waals surface area contributed by atoms with Crippen LogP contribution in [0.4, 0.5) is 0 Å². The molecule has 0 aliphatic heterocycles. The molecule has 0 amide bonds. The monoisotopic (exact) mass is 230 g/mol. The van der Waals surface area contributed by atoms with Crippen molar-refractivity contribution in [3.05, 3.63) is 29.3 Å². The van der Waals surface area contributed by atoms with Crippen LogP contribution in [0.5, 0.6) is 5.75 Å². The van der Waals surface area contributed by atoms with E-state index >= 15 is 0 Å². The Morgan fingerprint density at radius 2 is 2.00 bits per heavy atom. The predicted molar refractivity (Wildman–Crippen MR) is 53.9 cm³/mol. The SMILES string of the molecule is CC(=O)c1cc(CP(=O)(O)O)ccc1O. The first-order chi connectivity index (χ1) is 6.79. The maximum atomic E-state index is 11.0. The number of aromatic hydroxyl groups is 1. The zero-order valence-corrected chi connectivity index (χ0v) is 8.94. The predicted octanol–water partition coefficient (Wildman–Crippen LogP) is 1.27. The minimum absolute atomic E-state index is 0.0703. The van der Waals surface area contributed by atoms with Gasteiger partial charge in [0.1, 0.15) is 5.75 Å². The summed E-state index contributed by atoms with van der Waals surface area (Å²) in [6, 6.07) is 3.92. The number of carbonyl (C=O) groups excluding carboxylic acids is 1. The molecule has 0 bridgehead atoms. The van der Waals surface area contributed by atoms with Crippen molar-refractivity contribution < 1.29 is 24.3 Å². The minimum atomic E-state index is -4.15. The van der Waals surface area contributed by atoms with Crippen LogP contribution in [0, 0.1) is 0 Å². The van der Waals surface area contributed by atoms with Crippen LogP contribution >= 0.6 is 7.60 Å². The van der Waals surface area contributed by atoms with Crippen molar-refractivity contribution in [2.24, 2.45) is 0 Å². The van der Waals surface area contributed by atoms with Gasteiger partial charge in [-0.1, -0.05) is 6.07 Å². The van der Waals surface area contributed by atoms with Crippen LogP contribution in [0.15, 0.2) is 18.2 Å². The molecule has 0 fully saturated rings. The third kappa shape index (κ3) is 3.47. The summed E-state index contributed by atoms with van der Waals surface area (Å²) < 4.78 is 10.7. The number of ketones is 1. The fourth-order valence-electron chi connectivity index (χ4n) is 1.20. The summed E-state index contributed by atoms with van der Waals surface area (Å²) in [4.78, 5) is 28.5. The molecule has 1 rings (SSSR count). The Bertz CT molecular complexity index is 434. The van der Waals surface area contributed by atoms with Gasteiger partial charge in [-0.05, 0) is 24.6 Å². The normalized spacial score (nSPS) is 11.4. The van der Waals surface area contributed by atoms with E-state index in [-0.39, 0.29) is 17.1 Å². The van der Waals surface area contributed by atoms with Gasteiger partial charge >= 0.3 is 7.60 Å². The zero-order chi connectivity index (χ0) is 11.6. The van der Waals surface area contributed by atoms with Crippen molar-refractivity contribution in [3.63, 3.8) is 0 Å². The minimum Gasteiger partial charge on any atom is -0.507 e. The fraction of sp³-hybridized carbons (Fsp3) is 0.222. The third-order valence-corrected chi connectivity index (χ3v) is 2.61. The Kier molecular flexibility index (Phi) is 3.29. The van der Waals surface area contributed by atoms with Crippen molar-refractivity contribution in [1.82, 2.24) is 0 Å². The van der Waals surface area contributed by atoms with Crippen molar-refractivity contribution in [2.45, 2.75) is 13.1 Å². The van der Waals surface area contributed by atoms with Crippen LogP contribution < -0.4 is 0 Å². The summed E-state index contributed by atoms with van der Waals surface area (Å²) in [7, 11) is -4.15. The Labute approximate surface area is 86.5 Å². The molecule has 0 heterocycles. The van der Waals surface area contributed by atoms with Gasteiger partial charge in [0.2, 0.25) is 0 Å². The smallest absolute Gasteiger partial charge is 0.329 e. The first-order valence-electron chi connectivity index (χ1n) is 4.17. The zero-order valence-electron chi connectivity index (χ0n) is 8.04. The molecule has 0 aliphatic carbocycles. The summed E-state index contributed by atoms with van der Waals surface area (Å²) >= 11 is 0. The maximum absolute atomic E-state index is 11.0. The largest absolute Gasteiger partial charge is 0.507 e. The van der Waals surface area contributed by atoms with Gasteiger partial charge in [-0.15, -0.1) is 0 Å². The summed E-state index contributed by atoms with van der Waals surface area (Å²) in [5.74, 6) is -0.531. The average Bonchev–Trinajstić information content (AvgIpc) is 2.05. The summed E-state index contributed by atoms with van der Waals surface area (Å²) in [5, 5.41) is 9.29. The van der Waals surface area contributed by atoms with E-state index in [9.17, 15) is 14.5 Å². The molecule has 0 saturated heterocycles. The van der Waals surface area contributed by atoms with Gasteiger partial charge in [-0.3, -0.25) is 9.36 Å². The van der Waals surface area contributed by atoms with Gasteiger partial charge in [0.25, 0.3) is 0 Å². The van der Waals surface area contributed by atoms with E-state index in [0.29, 0.717) is 5.56 Å². The van der Waals surface area contributed by atoms with E-state index in [1.807, 2.05) is 0 Å². The van der Waals surface area contributed by atoms with Gasteiger partial charge in [-0.2, -0.15) is 0 Å². The summed E-state index contributed by atoms with van der Waals surface area (Å²) in [6.07, 6.45) is -0.437. The molecule has 0 radical (unpaired) electrons. The molecule has 15 heavy (non-hydrogen) atoms. The molecular weight excluding hydrogens is 219 g/mol. The Morgan fingerprint density at radius 1 is 1.40 bits per heavy atom. The fourth-order valence-corrected chi connectivity index (χ4v) is 1.87. The lowest BCUT2D eigenvalue weighted by Gasteiger charge is -2.06. The van der Waals surface area contributed by atoms with Crippen molar-refractivity contribution in [3.8, 4) is 5.75 Å². The maximum Gasteiger partial charge on any atom is 0.329 e. The van der Waals surface area contributed by atoms with E-state index in [4.69, 9.17) is 9.79 Å². The highest BCUT2D eigenvalue weighted by atomic mass is 31.2. The van der Waals surface area contributed by atoms with E-state index in [0.717, 1.165) is 0 Å². The lowest BCUT2D eigenvalue weighted by Crippen LogP contribution is -1.95. The Morgan fingerprint density at radius 3 is 2.47 bits per heavy atom. The van der Waals surface area contributed by atoms with Crippen LogP contribution in [0.3, 0.4) is 0 Å². The van der Waals surface area contributed by atoms with Gasteiger partial charge in [0.15, 0.2) is 5.78 Å².